The summed E-state index contributed by atoms with van der Waals surface area (Å²) in [5.41, 5.74) is 6.87. The third-order valence-corrected chi connectivity index (χ3v) is 3.95. The van der Waals surface area contributed by atoms with Gasteiger partial charge >= 0.3 is 0 Å². The molecule has 0 spiro atoms. The van der Waals surface area contributed by atoms with Crippen molar-refractivity contribution in [2.24, 2.45) is 11.7 Å². The maximum atomic E-state index is 11.9. The number of anilines is 1. The molecule has 4 N–H and O–H groups in total. The Bertz CT molecular complexity index is 544. The number of halogens is 1. The molecule has 1 aromatic carbocycles. The lowest BCUT2D eigenvalue weighted by molar-refractivity contribution is -0.123. The third-order valence-electron chi connectivity index (χ3n) is 3.95. The van der Waals surface area contributed by atoms with E-state index in [0.717, 1.165) is 30.5 Å². The molecular formula is C16H24ClN3O2. The lowest BCUT2D eigenvalue weighted by atomic mass is 10.1. The highest BCUT2D eigenvalue weighted by atomic mass is 35.5. The second kappa shape index (κ2) is 7.61. The van der Waals surface area contributed by atoms with Crippen LogP contribution in [0.15, 0.2) is 24.3 Å². The Balaban J connectivity index is 0.00000242. The second-order valence-electron chi connectivity index (χ2n) is 5.84. The van der Waals surface area contributed by atoms with E-state index in [1.165, 1.54) is 0 Å². The van der Waals surface area contributed by atoms with Crippen LogP contribution >= 0.6 is 12.4 Å². The molecular weight excluding hydrogens is 302 g/mol. The molecule has 0 saturated heterocycles. The van der Waals surface area contributed by atoms with E-state index in [1.54, 1.807) is 0 Å². The van der Waals surface area contributed by atoms with Gasteiger partial charge in [-0.1, -0.05) is 26.0 Å². The van der Waals surface area contributed by atoms with Crippen molar-refractivity contribution in [1.82, 2.24) is 5.32 Å². The van der Waals surface area contributed by atoms with Gasteiger partial charge in [-0.2, -0.15) is 0 Å². The van der Waals surface area contributed by atoms with Gasteiger partial charge in [0.25, 0.3) is 0 Å². The molecule has 122 valence electrons. The van der Waals surface area contributed by atoms with Crippen molar-refractivity contribution in [3.05, 3.63) is 29.8 Å². The van der Waals surface area contributed by atoms with Crippen LogP contribution in [0, 0.1) is 5.92 Å². The Hall–Kier alpha value is -1.59. The predicted molar refractivity (Wildman–Crippen MR) is 89.8 cm³/mol. The first-order valence-electron chi connectivity index (χ1n) is 7.41. The highest BCUT2D eigenvalue weighted by Gasteiger charge is 2.45. The number of rotatable bonds is 6. The summed E-state index contributed by atoms with van der Waals surface area (Å²) in [6.07, 6.45) is 2.31. The number of hydrogen-bond acceptors (Lipinski definition) is 3. The highest BCUT2D eigenvalue weighted by molar-refractivity contribution is 5.92. The lowest BCUT2D eigenvalue weighted by Gasteiger charge is -2.12. The van der Waals surface area contributed by atoms with Crippen molar-refractivity contribution in [3.63, 3.8) is 0 Å². The number of benzene rings is 1. The van der Waals surface area contributed by atoms with E-state index in [2.05, 4.69) is 10.6 Å². The molecule has 1 saturated carbocycles. The summed E-state index contributed by atoms with van der Waals surface area (Å²) < 4.78 is 0. The Morgan fingerprint density at radius 3 is 2.64 bits per heavy atom. The number of carbonyl (C=O) groups excluding carboxylic acids is 2. The fourth-order valence-corrected chi connectivity index (χ4v) is 1.93. The maximum Gasteiger partial charge on any atom is 0.240 e. The molecule has 0 radical (unpaired) electrons. The van der Waals surface area contributed by atoms with Gasteiger partial charge in [0.2, 0.25) is 11.8 Å². The molecule has 1 fully saturated rings. The van der Waals surface area contributed by atoms with E-state index >= 15 is 0 Å². The van der Waals surface area contributed by atoms with Crippen molar-refractivity contribution in [3.8, 4) is 0 Å². The monoisotopic (exact) mass is 325 g/mol. The molecule has 1 aliphatic carbocycles. The normalized spacial score (nSPS) is 16.1. The molecule has 5 nitrogen and oxygen atoms in total. The summed E-state index contributed by atoms with van der Waals surface area (Å²) in [5, 5.41) is 5.73. The molecule has 1 aromatic rings. The Morgan fingerprint density at radius 1 is 1.36 bits per heavy atom. The van der Waals surface area contributed by atoms with Crippen LogP contribution in [0.5, 0.6) is 0 Å². The first kappa shape index (κ1) is 18.5. The number of nitrogens with one attached hydrogen (secondary N) is 2. The third kappa shape index (κ3) is 4.71. The summed E-state index contributed by atoms with van der Waals surface area (Å²) in [6, 6.07) is 7.49. The average Bonchev–Trinajstić information content (AvgIpc) is 3.23. The molecule has 0 heterocycles. The standard InChI is InChI=1S/C16H23N3O2.ClH/c1-3-11(2)14(20)19-13-6-4-5-12(9-13)10-18-15(21)16(17)7-8-16;/h4-6,9,11H,3,7-8,10,17H2,1-2H3,(H,18,21)(H,19,20);1H. The van der Waals surface area contributed by atoms with Crippen molar-refractivity contribution < 1.29 is 9.59 Å². The van der Waals surface area contributed by atoms with Crippen LogP contribution in [0.3, 0.4) is 0 Å². The molecule has 0 bridgehead atoms. The Kier molecular flexibility index (Phi) is 6.38. The Labute approximate surface area is 137 Å². The largest absolute Gasteiger partial charge is 0.350 e. The van der Waals surface area contributed by atoms with Gasteiger partial charge in [0, 0.05) is 18.2 Å². The number of nitrogens with two attached hydrogens (primary N) is 1. The SMILES string of the molecule is CCC(C)C(=O)Nc1cccc(CNC(=O)C2(N)CC2)c1.Cl. The summed E-state index contributed by atoms with van der Waals surface area (Å²) in [7, 11) is 0. The molecule has 1 unspecified atom stereocenters. The van der Waals surface area contributed by atoms with Crippen molar-refractivity contribution >= 4 is 29.9 Å². The minimum Gasteiger partial charge on any atom is -0.350 e. The summed E-state index contributed by atoms with van der Waals surface area (Å²) in [5.74, 6) is -0.102. The number of amides is 2. The topological polar surface area (TPSA) is 84.2 Å². The van der Waals surface area contributed by atoms with Crippen molar-refractivity contribution in [2.45, 2.75) is 45.2 Å². The molecule has 6 heteroatoms. The zero-order chi connectivity index (χ0) is 15.5. The molecule has 2 rings (SSSR count). The first-order chi connectivity index (χ1) is 9.94. The van der Waals surface area contributed by atoms with Gasteiger partial charge in [-0.15, -0.1) is 12.4 Å². The molecule has 1 atom stereocenters. The van der Waals surface area contributed by atoms with Crippen LogP contribution in [0.25, 0.3) is 0 Å². The first-order valence-corrected chi connectivity index (χ1v) is 7.41. The fraction of sp³-hybridized carbons (Fsp3) is 0.500. The van der Waals surface area contributed by atoms with Crippen LogP contribution in [-0.2, 0) is 16.1 Å². The molecule has 1 aliphatic rings. The quantitative estimate of drug-likeness (QED) is 0.749. The van der Waals surface area contributed by atoms with Gasteiger partial charge in [-0.25, -0.2) is 0 Å². The van der Waals surface area contributed by atoms with Crippen molar-refractivity contribution in [1.29, 1.82) is 0 Å². The fourth-order valence-electron chi connectivity index (χ4n) is 1.93. The van der Waals surface area contributed by atoms with E-state index in [9.17, 15) is 9.59 Å². The van der Waals surface area contributed by atoms with Gasteiger partial charge in [-0.05, 0) is 37.0 Å². The smallest absolute Gasteiger partial charge is 0.240 e. The van der Waals surface area contributed by atoms with Crippen LogP contribution in [0.2, 0.25) is 0 Å². The van der Waals surface area contributed by atoms with Crippen LogP contribution < -0.4 is 16.4 Å². The van der Waals surface area contributed by atoms with Gasteiger partial charge in [0.1, 0.15) is 0 Å². The molecule has 0 aliphatic heterocycles. The van der Waals surface area contributed by atoms with E-state index in [-0.39, 0.29) is 30.1 Å². The van der Waals surface area contributed by atoms with E-state index in [0.29, 0.717) is 6.54 Å². The average molecular weight is 326 g/mol. The molecule has 0 aromatic heterocycles. The zero-order valence-electron chi connectivity index (χ0n) is 13.0. The zero-order valence-corrected chi connectivity index (χ0v) is 13.8. The van der Waals surface area contributed by atoms with Crippen LogP contribution in [-0.4, -0.2) is 17.4 Å². The van der Waals surface area contributed by atoms with Crippen molar-refractivity contribution in [2.75, 3.05) is 5.32 Å². The minimum absolute atomic E-state index is 0. The molecule has 22 heavy (non-hydrogen) atoms. The summed E-state index contributed by atoms with van der Waals surface area (Å²) in [4.78, 5) is 23.6. The van der Waals surface area contributed by atoms with Crippen LogP contribution in [0.1, 0.15) is 38.7 Å². The van der Waals surface area contributed by atoms with E-state index < -0.39 is 5.54 Å². The lowest BCUT2D eigenvalue weighted by Crippen LogP contribution is -2.42. The van der Waals surface area contributed by atoms with Gasteiger partial charge < -0.3 is 16.4 Å². The van der Waals surface area contributed by atoms with Gasteiger partial charge in [-0.3, -0.25) is 9.59 Å². The second-order valence-corrected chi connectivity index (χ2v) is 5.84. The van der Waals surface area contributed by atoms with Gasteiger partial charge in [0.05, 0.1) is 5.54 Å². The maximum absolute atomic E-state index is 11.9. The number of carbonyl (C=O) groups is 2. The summed E-state index contributed by atoms with van der Waals surface area (Å²) in [6.45, 7) is 4.30. The highest BCUT2D eigenvalue weighted by Crippen LogP contribution is 2.32. The number of hydrogen-bond donors (Lipinski definition) is 3. The molecule has 2 amide bonds. The van der Waals surface area contributed by atoms with Crippen LogP contribution in [0.4, 0.5) is 5.69 Å². The summed E-state index contributed by atoms with van der Waals surface area (Å²) >= 11 is 0. The minimum atomic E-state index is -0.650. The predicted octanol–water partition coefficient (Wildman–Crippen LogP) is 2.20. The van der Waals surface area contributed by atoms with Gasteiger partial charge in [0.15, 0.2) is 0 Å². The van der Waals surface area contributed by atoms with E-state index in [1.807, 2.05) is 38.1 Å². The Morgan fingerprint density at radius 2 is 2.05 bits per heavy atom. The van der Waals surface area contributed by atoms with E-state index in [4.69, 9.17) is 5.73 Å².